The van der Waals surface area contributed by atoms with Crippen molar-refractivity contribution in [3.05, 3.63) is 24.3 Å². The number of anilines is 2. The number of sulfonamides is 1. The molecule has 1 aromatic rings. The third-order valence-electron chi connectivity index (χ3n) is 3.32. The zero-order chi connectivity index (χ0) is 15.5. The van der Waals surface area contributed by atoms with Crippen LogP contribution in [0.25, 0.3) is 0 Å². The zero-order valence-corrected chi connectivity index (χ0v) is 12.0. The topological polar surface area (TPSA) is 58.2 Å². The Morgan fingerprint density at radius 1 is 1.19 bits per heavy atom. The van der Waals surface area contributed by atoms with Crippen LogP contribution in [0, 0.1) is 6.07 Å². The van der Waals surface area contributed by atoms with Gasteiger partial charge >= 0.3 is 15.5 Å². The lowest BCUT2D eigenvalue weighted by Gasteiger charge is -2.24. The molecule has 8 heteroatoms. The maximum atomic E-state index is 12.3. The Balaban J connectivity index is 2.07. The van der Waals surface area contributed by atoms with E-state index in [2.05, 4.69) is 11.4 Å². The average molecular weight is 321 g/mol. The van der Waals surface area contributed by atoms with Crippen LogP contribution < -0.4 is 10.0 Å². The van der Waals surface area contributed by atoms with Gasteiger partial charge in [-0.05, 0) is 25.0 Å². The highest BCUT2D eigenvalue weighted by molar-refractivity contribution is 7.93. The van der Waals surface area contributed by atoms with Crippen LogP contribution in [-0.4, -0.2) is 20.0 Å². The van der Waals surface area contributed by atoms with E-state index in [4.69, 9.17) is 0 Å². The largest absolute Gasteiger partial charge is 0.516 e. The number of rotatable bonds is 4. The van der Waals surface area contributed by atoms with Gasteiger partial charge in [0.25, 0.3) is 0 Å². The van der Waals surface area contributed by atoms with Gasteiger partial charge in [0, 0.05) is 17.8 Å². The van der Waals surface area contributed by atoms with Gasteiger partial charge in [0.2, 0.25) is 0 Å². The third kappa shape index (κ3) is 4.26. The summed E-state index contributed by atoms with van der Waals surface area (Å²) < 4.78 is 60.6. The molecule has 0 spiro atoms. The second-order valence-electron chi connectivity index (χ2n) is 5.02. The van der Waals surface area contributed by atoms with E-state index in [1.807, 2.05) is 0 Å². The van der Waals surface area contributed by atoms with Crippen LogP contribution in [0.2, 0.25) is 0 Å². The van der Waals surface area contributed by atoms with Gasteiger partial charge in [0.15, 0.2) is 0 Å². The number of alkyl halides is 3. The fourth-order valence-electron chi connectivity index (χ4n) is 2.29. The van der Waals surface area contributed by atoms with E-state index in [0.717, 1.165) is 25.7 Å². The lowest BCUT2D eigenvalue weighted by molar-refractivity contribution is -0.0429. The van der Waals surface area contributed by atoms with E-state index in [1.54, 1.807) is 0 Å². The predicted octanol–water partition coefficient (Wildman–Crippen LogP) is 3.49. The molecule has 1 saturated carbocycles. The monoisotopic (exact) mass is 321 g/mol. The minimum absolute atomic E-state index is 0.135. The van der Waals surface area contributed by atoms with Crippen molar-refractivity contribution < 1.29 is 21.6 Å². The summed E-state index contributed by atoms with van der Waals surface area (Å²) in [5, 5.41) is 3.17. The summed E-state index contributed by atoms with van der Waals surface area (Å²) >= 11 is 0. The fourth-order valence-corrected chi connectivity index (χ4v) is 2.85. The van der Waals surface area contributed by atoms with Gasteiger partial charge in [-0.1, -0.05) is 25.3 Å². The molecule has 1 aliphatic rings. The molecule has 0 unspecified atom stereocenters. The maximum absolute atomic E-state index is 12.3. The van der Waals surface area contributed by atoms with Gasteiger partial charge in [0.1, 0.15) is 0 Å². The quantitative estimate of drug-likeness (QED) is 0.892. The van der Waals surface area contributed by atoms with Crippen molar-refractivity contribution >= 4 is 21.4 Å². The van der Waals surface area contributed by atoms with Gasteiger partial charge in [0.05, 0.1) is 5.69 Å². The van der Waals surface area contributed by atoms with Gasteiger partial charge < -0.3 is 5.32 Å². The molecule has 0 atom stereocenters. The highest BCUT2D eigenvalue weighted by Gasteiger charge is 2.46. The fraction of sp³-hybridized carbons (Fsp3) is 0.538. The minimum Gasteiger partial charge on any atom is -0.382 e. The van der Waals surface area contributed by atoms with Crippen LogP contribution in [0.4, 0.5) is 24.5 Å². The molecule has 1 radical (unpaired) electrons. The highest BCUT2D eigenvalue weighted by atomic mass is 32.2. The van der Waals surface area contributed by atoms with Crippen LogP contribution >= 0.6 is 0 Å². The second kappa shape index (κ2) is 6.13. The molecule has 0 saturated heterocycles. The minimum atomic E-state index is -5.39. The Bertz CT molecular complexity index is 581. The molecule has 0 bridgehead atoms. The molecule has 0 amide bonds. The summed E-state index contributed by atoms with van der Waals surface area (Å²) in [6, 6.07) is 7.04. The molecule has 1 aromatic carbocycles. The van der Waals surface area contributed by atoms with E-state index < -0.39 is 15.5 Å². The van der Waals surface area contributed by atoms with Crippen molar-refractivity contribution in [2.45, 2.75) is 43.7 Å². The molecule has 4 nitrogen and oxygen atoms in total. The first-order chi connectivity index (χ1) is 9.78. The standard InChI is InChI=1S/C13H16F3N2O2S/c14-13(15,16)21(19,20)18-12-8-4-7-11(9-12)17-10-5-2-1-3-6-10/h4,8-10,17-18H,1-3,5-6H2. The first-order valence-electron chi connectivity index (χ1n) is 6.65. The second-order valence-corrected chi connectivity index (χ2v) is 6.70. The summed E-state index contributed by atoms with van der Waals surface area (Å²) in [7, 11) is -5.39. The van der Waals surface area contributed by atoms with Gasteiger partial charge in [-0.3, -0.25) is 4.72 Å². The van der Waals surface area contributed by atoms with E-state index in [1.165, 1.54) is 29.3 Å². The lowest BCUT2D eigenvalue weighted by atomic mass is 9.95. The maximum Gasteiger partial charge on any atom is 0.516 e. The number of hydrogen-bond donors (Lipinski definition) is 2. The Hall–Kier alpha value is -1.44. The summed E-state index contributed by atoms with van der Waals surface area (Å²) in [5.41, 5.74) is -4.97. The van der Waals surface area contributed by atoms with Crippen molar-refractivity contribution in [2.24, 2.45) is 0 Å². The van der Waals surface area contributed by atoms with Gasteiger partial charge in [-0.2, -0.15) is 21.6 Å². The summed E-state index contributed by atoms with van der Waals surface area (Å²) in [4.78, 5) is 0. The molecule has 21 heavy (non-hydrogen) atoms. The Morgan fingerprint density at radius 2 is 1.86 bits per heavy atom. The molecule has 2 N–H and O–H groups in total. The van der Waals surface area contributed by atoms with Crippen LogP contribution in [0.3, 0.4) is 0 Å². The summed E-state index contributed by atoms with van der Waals surface area (Å²) in [6.45, 7) is 0. The van der Waals surface area contributed by atoms with E-state index in [-0.39, 0.29) is 11.7 Å². The predicted molar refractivity (Wildman–Crippen MR) is 74.4 cm³/mol. The molecule has 2 rings (SSSR count). The summed E-state index contributed by atoms with van der Waals surface area (Å²) in [5.74, 6) is 0. The molecule has 0 aromatic heterocycles. The summed E-state index contributed by atoms with van der Waals surface area (Å²) in [6.07, 6.45) is 5.39. The third-order valence-corrected chi connectivity index (χ3v) is 4.44. The first kappa shape index (κ1) is 15.9. The smallest absolute Gasteiger partial charge is 0.382 e. The van der Waals surface area contributed by atoms with E-state index in [9.17, 15) is 21.6 Å². The highest BCUT2D eigenvalue weighted by Crippen LogP contribution is 2.27. The van der Waals surface area contributed by atoms with E-state index >= 15 is 0 Å². The molecular weight excluding hydrogens is 305 g/mol. The Morgan fingerprint density at radius 3 is 2.48 bits per heavy atom. The Kier molecular flexibility index (Phi) is 4.65. The van der Waals surface area contributed by atoms with Crippen LogP contribution in [0.15, 0.2) is 18.2 Å². The SMILES string of the molecule is O=S(=O)(Nc1cc[c]c(NC2CCCCC2)c1)C(F)(F)F. The lowest BCUT2D eigenvalue weighted by Crippen LogP contribution is -2.30. The van der Waals surface area contributed by atoms with Gasteiger partial charge in [-0.25, -0.2) is 0 Å². The molecule has 117 valence electrons. The molecule has 0 aliphatic heterocycles. The van der Waals surface area contributed by atoms with Crippen molar-refractivity contribution in [2.75, 3.05) is 10.0 Å². The molecule has 1 fully saturated rings. The number of hydrogen-bond acceptors (Lipinski definition) is 3. The van der Waals surface area contributed by atoms with Crippen molar-refractivity contribution in [3.63, 3.8) is 0 Å². The van der Waals surface area contributed by atoms with Gasteiger partial charge in [-0.15, -0.1) is 0 Å². The van der Waals surface area contributed by atoms with Crippen molar-refractivity contribution in [3.8, 4) is 0 Å². The Labute approximate surface area is 121 Å². The van der Waals surface area contributed by atoms with Crippen LogP contribution in [0.5, 0.6) is 0 Å². The molecular formula is C13H16F3N2O2S. The average Bonchev–Trinajstić information content (AvgIpc) is 2.38. The van der Waals surface area contributed by atoms with Crippen LogP contribution in [0.1, 0.15) is 32.1 Å². The van der Waals surface area contributed by atoms with E-state index in [0.29, 0.717) is 5.69 Å². The number of benzene rings is 1. The number of nitrogens with one attached hydrogen (secondary N) is 2. The van der Waals surface area contributed by atoms with Crippen LogP contribution in [-0.2, 0) is 10.0 Å². The first-order valence-corrected chi connectivity index (χ1v) is 8.13. The molecule has 0 heterocycles. The van der Waals surface area contributed by atoms with Crippen molar-refractivity contribution in [1.82, 2.24) is 0 Å². The number of halogens is 3. The van der Waals surface area contributed by atoms with Crippen molar-refractivity contribution in [1.29, 1.82) is 0 Å². The normalized spacial score (nSPS) is 17.5. The molecule has 1 aliphatic carbocycles. The zero-order valence-electron chi connectivity index (χ0n) is 11.2.